The van der Waals surface area contributed by atoms with Crippen LogP contribution in [0.4, 0.5) is 0 Å². The van der Waals surface area contributed by atoms with E-state index in [4.69, 9.17) is 11.6 Å². The summed E-state index contributed by atoms with van der Waals surface area (Å²) in [6, 6.07) is 2.83. The van der Waals surface area contributed by atoms with Gasteiger partial charge in [-0.2, -0.15) is 0 Å². The monoisotopic (exact) mass is 247 g/mol. The van der Waals surface area contributed by atoms with E-state index in [0.717, 1.165) is 6.54 Å². The maximum absolute atomic E-state index is 12.0. The van der Waals surface area contributed by atoms with Gasteiger partial charge in [-0.25, -0.2) is 8.42 Å². The van der Waals surface area contributed by atoms with Gasteiger partial charge in [0.2, 0.25) is 9.84 Å². The van der Waals surface area contributed by atoms with Crippen LogP contribution in [0.25, 0.3) is 0 Å². The first kappa shape index (κ1) is 10.8. The van der Waals surface area contributed by atoms with E-state index in [-0.39, 0.29) is 10.2 Å². The Bertz CT molecular complexity index is 439. The molecular formula is C8H10ClN3O2S. The van der Waals surface area contributed by atoms with Crippen molar-refractivity contribution in [3.8, 4) is 0 Å². The molecule has 0 aliphatic carbocycles. The fraction of sp³-hybridized carbons (Fsp3) is 0.500. The average molecular weight is 248 g/mol. The third-order valence-corrected chi connectivity index (χ3v) is 4.64. The van der Waals surface area contributed by atoms with Crippen LogP contribution in [0.15, 0.2) is 17.2 Å². The van der Waals surface area contributed by atoms with Crippen LogP contribution in [-0.2, 0) is 9.84 Å². The average Bonchev–Trinajstić information content (AvgIpc) is 2.71. The Morgan fingerprint density at radius 1 is 1.40 bits per heavy atom. The molecule has 0 radical (unpaired) electrons. The van der Waals surface area contributed by atoms with E-state index in [0.29, 0.717) is 13.0 Å². The lowest BCUT2D eigenvalue weighted by Crippen LogP contribution is -2.24. The third-order valence-electron chi connectivity index (χ3n) is 2.35. The third kappa shape index (κ3) is 2.11. The van der Waals surface area contributed by atoms with Gasteiger partial charge in [0.25, 0.3) is 0 Å². The fourth-order valence-electron chi connectivity index (χ4n) is 1.52. The van der Waals surface area contributed by atoms with Crippen molar-refractivity contribution in [2.24, 2.45) is 0 Å². The lowest BCUT2D eigenvalue weighted by Gasteiger charge is -2.08. The van der Waals surface area contributed by atoms with Crippen molar-refractivity contribution in [1.29, 1.82) is 0 Å². The molecule has 5 nitrogen and oxygen atoms in total. The zero-order chi connectivity index (χ0) is 10.9. The van der Waals surface area contributed by atoms with E-state index >= 15 is 0 Å². The first-order valence-corrected chi connectivity index (χ1v) is 6.47. The molecule has 2 rings (SSSR count). The van der Waals surface area contributed by atoms with E-state index in [9.17, 15) is 8.42 Å². The molecule has 0 bridgehead atoms. The largest absolute Gasteiger partial charge is 0.315 e. The van der Waals surface area contributed by atoms with Crippen LogP contribution in [-0.4, -0.2) is 37.0 Å². The molecule has 1 saturated heterocycles. The Balaban J connectivity index is 2.32. The van der Waals surface area contributed by atoms with Crippen molar-refractivity contribution in [1.82, 2.24) is 15.5 Å². The standard InChI is InChI=1S/C8H10ClN3O2S/c9-7-1-2-8(12-11-7)15(13,14)6-3-4-10-5-6/h1-2,6,10H,3-5H2/t6-/m0/s1. The molecule has 1 aromatic rings. The minimum Gasteiger partial charge on any atom is -0.315 e. The summed E-state index contributed by atoms with van der Waals surface area (Å²) in [5.41, 5.74) is 0. The molecule has 1 aliphatic rings. The van der Waals surface area contributed by atoms with Crippen LogP contribution in [0, 0.1) is 0 Å². The number of nitrogens with zero attached hydrogens (tertiary/aromatic N) is 2. The minimum atomic E-state index is -3.35. The first-order chi connectivity index (χ1) is 7.10. The summed E-state index contributed by atoms with van der Waals surface area (Å²) in [5, 5.41) is 9.93. The molecule has 1 N–H and O–H groups in total. The second kappa shape index (κ2) is 4.03. The Kier molecular flexibility index (Phi) is 2.90. The highest BCUT2D eigenvalue weighted by molar-refractivity contribution is 7.92. The fourth-order valence-corrected chi connectivity index (χ4v) is 3.14. The molecule has 1 atom stereocenters. The molecule has 1 aromatic heterocycles. The Labute approximate surface area is 92.8 Å². The Morgan fingerprint density at radius 3 is 2.73 bits per heavy atom. The molecule has 82 valence electrons. The lowest BCUT2D eigenvalue weighted by molar-refractivity contribution is 0.577. The van der Waals surface area contributed by atoms with Gasteiger partial charge in [0.1, 0.15) is 0 Å². The highest BCUT2D eigenvalue weighted by Gasteiger charge is 2.31. The molecular weight excluding hydrogens is 238 g/mol. The maximum atomic E-state index is 12.0. The SMILES string of the molecule is O=S(=O)(c1ccc(Cl)nn1)[C@H]1CCNC1. The van der Waals surface area contributed by atoms with Crippen molar-refractivity contribution in [3.63, 3.8) is 0 Å². The van der Waals surface area contributed by atoms with Crippen LogP contribution in [0.2, 0.25) is 5.15 Å². The van der Waals surface area contributed by atoms with E-state index in [1.165, 1.54) is 12.1 Å². The molecule has 0 spiro atoms. The summed E-state index contributed by atoms with van der Waals surface area (Å²) in [4.78, 5) is 0. The van der Waals surface area contributed by atoms with E-state index in [2.05, 4.69) is 15.5 Å². The van der Waals surface area contributed by atoms with Crippen LogP contribution in [0.3, 0.4) is 0 Å². The summed E-state index contributed by atoms with van der Waals surface area (Å²) < 4.78 is 23.9. The molecule has 0 unspecified atom stereocenters. The van der Waals surface area contributed by atoms with Crippen LogP contribution < -0.4 is 5.32 Å². The summed E-state index contributed by atoms with van der Waals surface area (Å²) in [7, 11) is -3.35. The molecule has 0 amide bonds. The molecule has 0 aromatic carbocycles. The van der Waals surface area contributed by atoms with E-state index in [1.807, 2.05) is 0 Å². The maximum Gasteiger partial charge on any atom is 0.201 e. The topological polar surface area (TPSA) is 72.0 Å². The van der Waals surface area contributed by atoms with Gasteiger partial charge in [0.15, 0.2) is 10.2 Å². The number of rotatable bonds is 2. The number of nitrogens with one attached hydrogen (secondary N) is 1. The van der Waals surface area contributed by atoms with Gasteiger partial charge in [0, 0.05) is 6.54 Å². The normalized spacial score (nSPS) is 21.8. The van der Waals surface area contributed by atoms with E-state index < -0.39 is 15.1 Å². The van der Waals surface area contributed by atoms with Gasteiger partial charge >= 0.3 is 0 Å². The van der Waals surface area contributed by atoms with Crippen LogP contribution >= 0.6 is 11.6 Å². The number of halogens is 1. The number of hydrogen-bond donors (Lipinski definition) is 1. The van der Waals surface area contributed by atoms with Gasteiger partial charge in [0.05, 0.1) is 5.25 Å². The van der Waals surface area contributed by atoms with Crippen molar-refractivity contribution >= 4 is 21.4 Å². The van der Waals surface area contributed by atoms with Crippen molar-refractivity contribution in [2.75, 3.05) is 13.1 Å². The molecule has 7 heteroatoms. The van der Waals surface area contributed by atoms with Gasteiger partial charge in [-0.1, -0.05) is 11.6 Å². The molecule has 1 fully saturated rings. The summed E-state index contributed by atoms with van der Waals surface area (Å²) in [5.74, 6) is 0. The summed E-state index contributed by atoms with van der Waals surface area (Å²) in [6.45, 7) is 1.21. The van der Waals surface area contributed by atoms with Gasteiger partial charge in [-0.05, 0) is 25.1 Å². The zero-order valence-corrected chi connectivity index (χ0v) is 9.42. The Hall–Kier alpha value is -0.720. The van der Waals surface area contributed by atoms with Gasteiger partial charge < -0.3 is 5.32 Å². The molecule has 0 saturated carbocycles. The second-order valence-electron chi connectivity index (χ2n) is 3.35. The predicted molar refractivity (Wildman–Crippen MR) is 55.5 cm³/mol. The zero-order valence-electron chi connectivity index (χ0n) is 7.85. The summed E-state index contributed by atoms with van der Waals surface area (Å²) in [6.07, 6.45) is 0.618. The lowest BCUT2D eigenvalue weighted by atomic mass is 10.4. The molecule has 1 aliphatic heterocycles. The smallest absolute Gasteiger partial charge is 0.201 e. The quantitative estimate of drug-likeness (QED) is 0.812. The minimum absolute atomic E-state index is 0.000556. The van der Waals surface area contributed by atoms with Crippen molar-refractivity contribution < 1.29 is 8.42 Å². The van der Waals surface area contributed by atoms with Gasteiger partial charge in [-0.3, -0.25) is 0 Å². The second-order valence-corrected chi connectivity index (χ2v) is 5.92. The molecule has 15 heavy (non-hydrogen) atoms. The van der Waals surface area contributed by atoms with Crippen LogP contribution in [0.5, 0.6) is 0 Å². The Morgan fingerprint density at radius 2 is 2.20 bits per heavy atom. The van der Waals surface area contributed by atoms with Gasteiger partial charge in [-0.15, -0.1) is 10.2 Å². The van der Waals surface area contributed by atoms with Crippen LogP contribution in [0.1, 0.15) is 6.42 Å². The highest BCUT2D eigenvalue weighted by Crippen LogP contribution is 2.18. The highest BCUT2D eigenvalue weighted by atomic mass is 35.5. The first-order valence-electron chi connectivity index (χ1n) is 4.54. The number of hydrogen-bond acceptors (Lipinski definition) is 5. The number of sulfone groups is 1. The predicted octanol–water partition coefficient (Wildman–Crippen LogP) is 0.266. The van der Waals surface area contributed by atoms with E-state index in [1.54, 1.807) is 0 Å². The number of aromatic nitrogens is 2. The molecule has 2 heterocycles. The van der Waals surface area contributed by atoms with Crippen molar-refractivity contribution in [2.45, 2.75) is 16.7 Å². The summed E-state index contributed by atoms with van der Waals surface area (Å²) >= 11 is 5.54. The van der Waals surface area contributed by atoms with Crippen molar-refractivity contribution in [3.05, 3.63) is 17.3 Å².